The van der Waals surface area contributed by atoms with Crippen molar-refractivity contribution in [3.8, 4) is 22.8 Å². The van der Waals surface area contributed by atoms with Gasteiger partial charge in [-0.05, 0) is 50.2 Å². The van der Waals surface area contributed by atoms with Crippen LogP contribution < -0.4 is 0 Å². The van der Waals surface area contributed by atoms with Crippen molar-refractivity contribution in [3.05, 3.63) is 53.5 Å². The molecule has 0 saturated heterocycles. The highest BCUT2D eigenvalue weighted by Crippen LogP contribution is 2.30. The Morgan fingerprint density at radius 1 is 0.952 bits per heavy atom. The van der Waals surface area contributed by atoms with Crippen molar-refractivity contribution in [2.75, 3.05) is 0 Å². The summed E-state index contributed by atoms with van der Waals surface area (Å²) in [5, 5.41) is 8.86. The van der Waals surface area contributed by atoms with Crippen LogP contribution in [0.15, 0.2) is 45.2 Å². The summed E-state index contributed by atoms with van der Waals surface area (Å²) in [6, 6.07) is 10.4. The largest absolute Gasteiger partial charge is 0.475 e. The molecule has 3 aromatic heterocycles. The molecular formula is C16H13NO4. The Labute approximate surface area is 120 Å². The standard InChI is InChI=1S/C16H13NO4/c1-9-7-11(8-10(2)17-9)12-3-4-13(20-12)14-5-6-15(21-14)16(18)19/h3-8H,1-2H3,(H,18,19). The van der Waals surface area contributed by atoms with Crippen LogP contribution >= 0.6 is 0 Å². The summed E-state index contributed by atoms with van der Waals surface area (Å²) in [4.78, 5) is 15.1. The Balaban J connectivity index is 1.97. The first-order valence-corrected chi connectivity index (χ1v) is 6.42. The van der Waals surface area contributed by atoms with E-state index in [0.29, 0.717) is 17.3 Å². The SMILES string of the molecule is Cc1cc(-c2ccc(-c3ccc(C(=O)O)o3)o2)cc(C)n1. The monoisotopic (exact) mass is 283 g/mol. The molecule has 0 aliphatic carbocycles. The molecule has 21 heavy (non-hydrogen) atoms. The summed E-state index contributed by atoms with van der Waals surface area (Å²) >= 11 is 0. The fourth-order valence-corrected chi connectivity index (χ4v) is 2.19. The lowest BCUT2D eigenvalue weighted by Crippen LogP contribution is -1.91. The summed E-state index contributed by atoms with van der Waals surface area (Å²) in [7, 11) is 0. The Hall–Kier alpha value is -2.82. The maximum Gasteiger partial charge on any atom is 0.371 e. The van der Waals surface area contributed by atoms with Gasteiger partial charge in [0.05, 0.1) is 0 Å². The van der Waals surface area contributed by atoms with E-state index in [2.05, 4.69) is 4.98 Å². The molecule has 0 fully saturated rings. The lowest BCUT2D eigenvalue weighted by Gasteiger charge is -2.01. The third kappa shape index (κ3) is 2.58. The number of rotatable bonds is 3. The number of aromatic carboxylic acids is 1. The molecule has 0 atom stereocenters. The van der Waals surface area contributed by atoms with E-state index in [9.17, 15) is 4.79 Å². The van der Waals surface area contributed by atoms with Gasteiger partial charge in [0.2, 0.25) is 5.76 Å². The van der Waals surface area contributed by atoms with Crippen LogP contribution in [-0.4, -0.2) is 16.1 Å². The molecule has 0 aliphatic rings. The van der Waals surface area contributed by atoms with Gasteiger partial charge in [-0.1, -0.05) is 0 Å². The van der Waals surface area contributed by atoms with Crippen LogP contribution in [0, 0.1) is 13.8 Å². The number of aromatic nitrogens is 1. The Bertz CT molecular complexity index is 793. The summed E-state index contributed by atoms with van der Waals surface area (Å²) in [5.41, 5.74) is 2.75. The molecule has 5 nitrogen and oxygen atoms in total. The normalized spacial score (nSPS) is 10.8. The van der Waals surface area contributed by atoms with Gasteiger partial charge in [-0.15, -0.1) is 0 Å². The smallest absolute Gasteiger partial charge is 0.371 e. The van der Waals surface area contributed by atoms with E-state index in [1.54, 1.807) is 12.1 Å². The van der Waals surface area contributed by atoms with Crippen LogP contribution in [0.4, 0.5) is 0 Å². The Morgan fingerprint density at radius 3 is 2.14 bits per heavy atom. The van der Waals surface area contributed by atoms with Crippen molar-refractivity contribution in [3.63, 3.8) is 0 Å². The van der Waals surface area contributed by atoms with Gasteiger partial charge >= 0.3 is 5.97 Å². The first-order chi connectivity index (χ1) is 10.0. The third-order valence-corrected chi connectivity index (χ3v) is 3.03. The fourth-order valence-electron chi connectivity index (χ4n) is 2.19. The van der Waals surface area contributed by atoms with Crippen molar-refractivity contribution in [2.24, 2.45) is 0 Å². The minimum atomic E-state index is -1.10. The fraction of sp³-hybridized carbons (Fsp3) is 0.125. The van der Waals surface area contributed by atoms with Crippen LogP contribution in [0.3, 0.4) is 0 Å². The topological polar surface area (TPSA) is 76.5 Å². The summed E-state index contributed by atoms with van der Waals surface area (Å²) in [6.07, 6.45) is 0. The molecule has 3 aromatic rings. The van der Waals surface area contributed by atoms with Crippen LogP contribution in [0.25, 0.3) is 22.8 Å². The molecule has 3 rings (SSSR count). The van der Waals surface area contributed by atoms with Crippen molar-refractivity contribution in [2.45, 2.75) is 13.8 Å². The minimum absolute atomic E-state index is 0.112. The van der Waals surface area contributed by atoms with Gasteiger partial charge in [0.15, 0.2) is 11.5 Å². The molecule has 1 N–H and O–H groups in total. The van der Waals surface area contributed by atoms with Gasteiger partial charge in [0.1, 0.15) is 5.76 Å². The number of hydrogen-bond donors (Lipinski definition) is 1. The van der Waals surface area contributed by atoms with E-state index in [1.165, 1.54) is 6.07 Å². The lowest BCUT2D eigenvalue weighted by molar-refractivity contribution is 0.0663. The molecule has 5 heteroatoms. The number of nitrogens with zero attached hydrogens (tertiary/aromatic N) is 1. The predicted molar refractivity (Wildman–Crippen MR) is 76.1 cm³/mol. The molecule has 0 saturated carbocycles. The van der Waals surface area contributed by atoms with Crippen molar-refractivity contribution >= 4 is 5.97 Å². The summed E-state index contributed by atoms with van der Waals surface area (Å²) in [5.74, 6) is 0.351. The molecule has 0 bridgehead atoms. The Morgan fingerprint density at radius 2 is 1.52 bits per heavy atom. The molecular weight excluding hydrogens is 270 g/mol. The molecule has 0 unspecified atom stereocenters. The van der Waals surface area contributed by atoms with Crippen LogP contribution in [-0.2, 0) is 0 Å². The quantitative estimate of drug-likeness (QED) is 0.788. The molecule has 0 aromatic carbocycles. The highest BCUT2D eigenvalue weighted by Gasteiger charge is 2.14. The van der Waals surface area contributed by atoms with Crippen molar-refractivity contribution in [1.82, 2.24) is 4.98 Å². The van der Waals surface area contributed by atoms with Gasteiger partial charge in [0.25, 0.3) is 0 Å². The van der Waals surface area contributed by atoms with Gasteiger partial charge in [0, 0.05) is 17.0 Å². The maximum atomic E-state index is 10.8. The molecule has 0 spiro atoms. The lowest BCUT2D eigenvalue weighted by atomic mass is 10.1. The van der Waals surface area contributed by atoms with Crippen LogP contribution in [0.2, 0.25) is 0 Å². The van der Waals surface area contributed by atoms with E-state index < -0.39 is 5.97 Å². The number of hydrogen-bond acceptors (Lipinski definition) is 4. The highest BCUT2D eigenvalue weighted by atomic mass is 16.4. The van der Waals surface area contributed by atoms with Gasteiger partial charge in [-0.2, -0.15) is 0 Å². The number of furan rings is 2. The van der Waals surface area contributed by atoms with Crippen LogP contribution in [0.5, 0.6) is 0 Å². The third-order valence-electron chi connectivity index (χ3n) is 3.03. The van der Waals surface area contributed by atoms with Gasteiger partial charge in [-0.3, -0.25) is 4.98 Å². The average molecular weight is 283 g/mol. The molecule has 0 amide bonds. The zero-order chi connectivity index (χ0) is 15.0. The van der Waals surface area contributed by atoms with Gasteiger partial charge in [-0.25, -0.2) is 4.79 Å². The number of carboxylic acids is 1. The van der Waals surface area contributed by atoms with E-state index >= 15 is 0 Å². The zero-order valence-electron chi connectivity index (χ0n) is 11.6. The van der Waals surface area contributed by atoms with E-state index in [1.807, 2.05) is 32.0 Å². The number of carboxylic acid groups (broad SMARTS) is 1. The zero-order valence-corrected chi connectivity index (χ0v) is 11.6. The molecule has 106 valence electrons. The first kappa shape index (κ1) is 13.2. The van der Waals surface area contributed by atoms with Gasteiger partial charge < -0.3 is 13.9 Å². The predicted octanol–water partition coefficient (Wildman–Crippen LogP) is 3.92. The number of aryl methyl sites for hydroxylation is 2. The summed E-state index contributed by atoms with van der Waals surface area (Å²) < 4.78 is 11.0. The second-order valence-electron chi connectivity index (χ2n) is 4.77. The minimum Gasteiger partial charge on any atom is -0.475 e. The second kappa shape index (κ2) is 4.94. The molecule has 0 radical (unpaired) electrons. The number of pyridine rings is 1. The van der Waals surface area contributed by atoms with Crippen LogP contribution in [0.1, 0.15) is 21.9 Å². The number of carbonyl (C=O) groups is 1. The first-order valence-electron chi connectivity index (χ1n) is 6.42. The molecule has 3 heterocycles. The molecule has 0 aliphatic heterocycles. The highest BCUT2D eigenvalue weighted by molar-refractivity contribution is 5.85. The average Bonchev–Trinajstić information content (AvgIpc) is 3.07. The summed E-state index contributed by atoms with van der Waals surface area (Å²) in [6.45, 7) is 3.85. The Kier molecular flexibility index (Phi) is 3.10. The van der Waals surface area contributed by atoms with E-state index in [-0.39, 0.29) is 5.76 Å². The maximum absolute atomic E-state index is 10.8. The van der Waals surface area contributed by atoms with Crippen molar-refractivity contribution in [1.29, 1.82) is 0 Å². The second-order valence-corrected chi connectivity index (χ2v) is 4.77. The van der Waals surface area contributed by atoms with E-state index in [4.69, 9.17) is 13.9 Å². The van der Waals surface area contributed by atoms with E-state index in [0.717, 1.165) is 17.0 Å². The van der Waals surface area contributed by atoms with Crippen molar-refractivity contribution < 1.29 is 18.7 Å².